The molecule has 2 aliphatic rings. The molecule has 7 N–H and O–H groups in total. The lowest BCUT2D eigenvalue weighted by atomic mass is 9.81. The van der Waals surface area contributed by atoms with E-state index >= 15 is 0 Å². The monoisotopic (exact) mass is 505 g/mol. The molecule has 2 aliphatic heterocycles. The van der Waals surface area contributed by atoms with Crippen LogP contribution in [0.2, 0.25) is 0 Å². The molecule has 3 atom stereocenters. The molecule has 2 heterocycles. The zero-order valence-electron chi connectivity index (χ0n) is 21.0. The molecule has 0 aliphatic carbocycles. The van der Waals surface area contributed by atoms with Gasteiger partial charge in [-0.15, -0.1) is 0 Å². The van der Waals surface area contributed by atoms with Gasteiger partial charge in [0.1, 0.15) is 11.8 Å². The average molecular weight is 506 g/mol. The number of hydrogen-bond donors (Lipinski definition) is 6. The normalized spacial score (nSPS) is 20.6. The Morgan fingerprint density at radius 1 is 1.17 bits per heavy atom. The fourth-order valence-electron chi connectivity index (χ4n) is 4.18. The fraction of sp³-hybridized carbons (Fsp3) is 0.600. The Bertz CT molecular complexity index is 876. The maximum atomic E-state index is 13.5. The Morgan fingerprint density at radius 3 is 2.53 bits per heavy atom. The third-order valence-electron chi connectivity index (χ3n) is 6.05. The van der Waals surface area contributed by atoms with Crippen molar-refractivity contribution in [3.8, 4) is 5.75 Å². The van der Waals surface area contributed by atoms with Gasteiger partial charge in [0.05, 0.1) is 19.1 Å². The van der Waals surface area contributed by atoms with Crippen LogP contribution in [-0.2, 0) is 25.6 Å². The molecule has 0 spiro atoms. The van der Waals surface area contributed by atoms with Crippen LogP contribution in [0.5, 0.6) is 5.75 Å². The maximum absolute atomic E-state index is 13.5. The number of rotatable bonds is 9. The number of hydrogen-bond acceptors (Lipinski definition) is 7. The van der Waals surface area contributed by atoms with E-state index < -0.39 is 35.6 Å². The first-order valence-corrected chi connectivity index (χ1v) is 12.5. The highest BCUT2D eigenvalue weighted by Gasteiger charge is 2.36. The van der Waals surface area contributed by atoms with Crippen LogP contribution in [0.15, 0.2) is 24.3 Å². The van der Waals surface area contributed by atoms with Crippen molar-refractivity contribution in [2.24, 2.45) is 23.5 Å². The third kappa shape index (κ3) is 9.46. The van der Waals surface area contributed by atoms with Gasteiger partial charge < -0.3 is 26.4 Å². The standard InChI is InChI=1S/C25H39N5O6/c1-16(2)13-20-19(24(33)30-35)5-3-12-36-18-8-6-17(7-9-18)14-21(29-23(20)32)25(34)28-15-22(31)27-11-4-10-26/h6-9,16,19-21,35H,3-5,10-15,26H2,1-2H3,(H,27,31)(H,28,34)(H,29,32)(H,30,33)/t19-,20+,21-/m0/s1. The van der Waals surface area contributed by atoms with Crippen LogP contribution in [0, 0.1) is 17.8 Å². The van der Waals surface area contributed by atoms with Crippen molar-refractivity contribution in [2.45, 2.75) is 52.0 Å². The number of carbonyl (C=O) groups excluding carboxylic acids is 4. The van der Waals surface area contributed by atoms with Crippen molar-refractivity contribution in [3.05, 3.63) is 29.8 Å². The van der Waals surface area contributed by atoms with Gasteiger partial charge in [0.2, 0.25) is 23.6 Å². The number of nitrogens with two attached hydrogens (primary N) is 1. The second-order valence-corrected chi connectivity index (χ2v) is 9.43. The van der Waals surface area contributed by atoms with Gasteiger partial charge >= 0.3 is 0 Å². The zero-order valence-corrected chi connectivity index (χ0v) is 21.0. The van der Waals surface area contributed by atoms with Crippen LogP contribution >= 0.6 is 0 Å². The second kappa shape index (κ2) is 15.0. The lowest BCUT2D eigenvalue weighted by Crippen LogP contribution is -2.53. The molecule has 0 saturated carbocycles. The van der Waals surface area contributed by atoms with E-state index in [1.807, 2.05) is 26.0 Å². The van der Waals surface area contributed by atoms with Gasteiger partial charge in [-0.25, -0.2) is 5.48 Å². The number of hydroxylamine groups is 1. The van der Waals surface area contributed by atoms with E-state index in [1.165, 1.54) is 0 Å². The molecule has 2 bridgehead atoms. The third-order valence-corrected chi connectivity index (χ3v) is 6.05. The van der Waals surface area contributed by atoms with E-state index in [4.69, 9.17) is 10.5 Å². The molecule has 200 valence electrons. The van der Waals surface area contributed by atoms with Gasteiger partial charge in [-0.05, 0) is 55.8 Å². The van der Waals surface area contributed by atoms with Gasteiger partial charge in [0, 0.05) is 18.9 Å². The largest absolute Gasteiger partial charge is 0.494 e. The lowest BCUT2D eigenvalue weighted by Gasteiger charge is -2.28. The van der Waals surface area contributed by atoms with Crippen LogP contribution in [0.3, 0.4) is 0 Å². The summed E-state index contributed by atoms with van der Waals surface area (Å²) in [6, 6.07) is 6.22. The average Bonchev–Trinajstić information content (AvgIpc) is 2.85. The van der Waals surface area contributed by atoms with Gasteiger partial charge in [-0.3, -0.25) is 24.4 Å². The SMILES string of the molecule is CC(C)C[C@H]1C(=O)N[C@H](C(=O)NCC(=O)NCCCN)Cc2ccc(cc2)OCCC[C@@H]1C(=O)NO. The summed E-state index contributed by atoms with van der Waals surface area (Å²) in [5.41, 5.74) is 7.90. The molecular weight excluding hydrogens is 466 g/mol. The van der Waals surface area contributed by atoms with Crippen LogP contribution in [0.4, 0.5) is 0 Å². The molecule has 4 amide bonds. The predicted octanol–water partition coefficient (Wildman–Crippen LogP) is 0.252. The summed E-state index contributed by atoms with van der Waals surface area (Å²) in [5.74, 6) is -2.82. The number of carbonyl (C=O) groups is 4. The molecule has 0 aromatic heterocycles. The molecule has 0 fully saturated rings. The van der Waals surface area contributed by atoms with Crippen molar-refractivity contribution in [1.29, 1.82) is 0 Å². The highest BCUT2D eigenvalue weighted by molar-refractivity contribution is 5.93. The first kappa shape index (κ1) is 29.1. The number of benzene rings is 1. The summed E-state index contributed by atoms with van der Waals surface area (Å²) in [5, 5.41) is 17.4. The second-order valence-electron chi connectivity index (χ2n) is 9.43. The van der Waals surface area contributed by atoms with E-state index in [0.29, 0.717) is 51.1 Å². The van der Waals surface area contributed by atoms with E-state index in [2.05, 4.69) is 16.0 Å². The maximum Gasteiger partial charge on any atom is 0.247 e. The minimum absolute atomic E-state index is 0.0844. The topological polar surface area (TPSA) is 172 Å². The van der Waals surface area contributed by atoms with E-state index in [-0.39, 0.29) is 24.8 Å². The van der Waals surface area contributed by atoms with Crippen LogP contribution in [0.25, 0.3) is 0 Å². The van der Waals surface area contributed by atoms with Crippen LogP contribution in [0.1, 0.15) is 45.1 Å². The highest BCUT2D eigenvalue weighted by atomic mass is 16.5. The minimum atomic E-state index is -0.975. The molecule has 11 nitrogen and oxygen atoms in total. The Balaban J connectivity index is 2.27. The summed E-state index contributed by atoms with van der Waals surface area (Å²) in [6.07, 6.45) is 1.99. The van der Waals surface area contributed by atoms with Crippen LogP contribution in [-0.4, -0.2) is 61.1 Å². The molecule has 0 saturated heterocycles. The van der Waals surface area contributed by atoms with E-state index in [1.54, 1.807) is 17.6 Å². The Labute approximate surface area is 211 Å². The summed E-state index contributed by atoms with van der Waals surface area (Å²) in [6.45, 7) is 4.83. The molecule has 1 aromatic rings. The molecular formula is C25H39N5O6. The van der Waals surface area contributed by atoms with Crippen molar-refractivity contribution in [2.75, 3.05) is 26.2 Å². The summed E-state index contributed by atoms with van der Waals surface area (Å²) >= 11 is 0. The fourth-order valence-corrected chi connectivity index (χ4v) is 4.18. The van der Waals surface area contributed by atoms with Gasteiger partial charge in [0.25, 0.3) is 0 Å². The predicted molar refractivity (Wildman–Crippen MR) is 133 cm³/mol. The number of fused-ring (bicyclic) bond motifs is 11. The summed E-state index contributed by atoms with van der Waals surface area (Å²) in [4.78, 5) is 51.1. The van der Waals surface area contributed by atoms with E-state index in [0.717, 1.165) is 5.56 Å². The lowest BCUT2D eigenvalue weighted by molar-refractivity contribution is -0.142. The quantitative estimate of drug-likeness (QED) is 0.159. The van der Waals surface area contributed by atoms with Crippen molar-refractivity contribution in [1.82, 2.24) is 21.4 Å². The summed E-state index contributed by atoms with van der Waals surface area (Å²) in [7, 11) is 0. The molecule has 0 radical (unpaired) electrons. The van der Waals surface area contributed by atoms with E-state index in [9.17, 15) is 24.4 Å². The van der Waals surface area contributed by atoms with Gasteiger partial charge in [-0.2, -0.15) is 0 Å². The van der Waals surface area contributed by atoms with Gasteiger partial charge in [0.15, 0.2) is 0 Å². The molecule has 3 rings (SSSR count). The first-order valence-electron chi connectivity index (χ1n) is 12.5. The Hall–Kier alpha value is -3.18. The zero-order chi connectivity index (χ0) is 26.5. The molecule has 11 heteroatoms. The van der Waals surface area contributed by atoms with Crippen molar-refractivity contribution < 1.29 is 29.1 Å². The minimum Gasteiger partial charge on any atom is -0.494 e. The number of nitrogens with one attached hydrogen (secondary N) is 4. The van der Waals surface area contributed by atoms with Gasteiger partial charge in [-0.1, -0.05) is 26.0 Å². The number of ether oxygens (including phenoxy) is 1. The Morgan fingerprint density at radius 2 is 1.89 bits per heavy atom. The van der Waals surface area contributed by atoms with Crippen molar-refractivity contribution >= 4 is 23.6 Å². The van der Waals surface area contributed by atoms with Crippen molar-refractivity contribution in [3.63, 3.8) is 0 Å². The molecule has 0 unspecified atom stereocenters. The molecule has 1 aromatic carbocycles. The van der Waals surface area contributed by atoms with Crippen LogP contribution < -0.4 is 31.9 Å². The Kier molecular flexibility index (Phi) is 12.1. The summed E-state index contributed by atoms with van der Waals surface area (Å²) < 4.78 is 5.76. The molecule has 36 heavy (non-hydrogen) atoms. The first-order chi connectivity index (χ1) is 17.2. The number of amides is 4. The smallest absolute Gasteiger partial charge is 0.247 e. The highest BCUT2D eigenvalue weighted by Crippen LogP contribution is 2.27.